The Bertz CT molecular complexity index is 854. The number of hydrogen-bond donors (Lipinski definition) is 0. The van der Waals surface area contributed by atoms with Crippen LogP contribution in [0.1, 0.15) is 24.4 Å². The molecule has 1 atom stereocenters. The number of imide groups is 1. The fourth-order valence-corrected chi connectivity index (χ4v) is 3.33. The van der Waals surface area contributed by atoms with Gasteiger partial charge in [0.05, 0.1) is 13.2 Å². The number of fused-ring (bicyclic) bond motifs is 3. The molecular weight excluding hydrogens is 338 g/mol. The smallest absolute Gasteiger partial charge is 0.402 e. The van der Waals surface area contributed by atoms with E-state index in [2.05, 4.69) is 11.6 Å². The summed E-state index contributed by atoms with van der Waals surface area (Å²) in [4.78, 5) is 44.2. The van der Waals surface area contributed by atoms with E-state index in [4.69, 9.17) is 4.74 Å². The fraction of sp³-hybridized carbons (Fsp3) is 0.471. The number of urea groups is 1. The van der Waals surface area contributed by atoms with Crippen molar-refractivity contribution < 1.29 is 23.7 Å². The number of carbonyl (C=O) groups excluding carboxylic acids is 3. The Morgan fingerprint density at radius 2 is 2.08 bits per heavy atom. The van der Waals surface area contributed by atoms with Crippen molar-refractivity contribution in [2.75, 3.05) is 20.2 Å². The predicted molar refractivity (Wildman–Crippen MR) is 91.9 cm³/mol. The third-order valence-corrected chi connectivity index (χ3v) is 4.73. The van der Waals surface area contributed by atoms with Crippen LogP contribution in [0, 0.1) is 13.8 Å². The molecule has 1 aromatic heterocycles. The molecule has 0 aliphatic carbocycles. The summed E-state index contributed by atoms with van der Waals surface area (Å²) in [6.07, 6.45) is 1.75. The molecule has 3 heterocycles. The zero-order valence-electron chi connectivity index (χ0n) is 15.4. The molecule has 3 rings (SSSR count). The van der Waals surface area contributed by atoms with Crippen molar-refractivity contribution in [1.82, 2.24) is 14.4 Å². The lowest BCUT2D eigenvalue weighted by molar-refractivity contribution is -0.679. The van der Waals surface area contributed by atoms with Crippen molar-refractivity contribution >= 4 is 29.7 Å². The van der Waals surface area contributed by atoms with Gasteiger partial charge in [-0.15, -0.1) is 0 Å². The van der Waals surface area contributed by atoms with Gasteiger partial charge in [0.1, 0.15) is 17.9 Å². The molecule has 0 radical (unpaired) electrons. The van der Waals surface area contributed by atoms with E-state index in [1.165, 1.54) is 4.90 Å². The number of aromatic nitrogens is 2. The monoisotopic (exact) mass is 360 g/mol. The first-order chi connectivity index (χ1) is 12.3. The molecule has 0 aromatic carbocycles. The van der Waals surface area contributed by atoms with Gasteiger partial charge in [-0.3, -0.25) is 14.5 Å². The van der Waals surface area contributed by atoms with Crippen molar-refractivity contribution in [3.05, 3.63) is 24.0 Å². The van der Waals surface area contributed by atoms with Crippen molar-refractivity contribution in [3.8, 4) is 0 Å². The highest BCUT2D eigenvalue weighted by atomic mass is 16.5. The van der Waals surface area contributed by atoms with Crippen molar-refractivity contribution in [1.29, 1.82) is 0 Å². The summed E-state index contributed by atoms with van der Waals surface area (Å²) in [5, 5.41) is 0. The summed E-state index contributed by atoms with van der Waals surface area (Å²) < 4.78 is 8.62. The zero-order chi connectivity index (χ0) is 19.2. The van der Waals surface area contributed by atoms with E-state index in [9.17, 15) is 14.4 Å². The largest absolute Gasteiger partial charge is 0.465 e. The summed E-state index contributed by atoms with van der Waals surface area (Å²) in [7, 11) is 1.55. The molecule has 3 amide bonds. The minimum absolute atomic E-state index is 0.183. The van der Waals surface area contributed by atoms with Crippen LogP contribution in [0.2, 0.25) is 0 Å². The maximum Gasteiger partial charge on any atom is 0.402 e. The molecule has 0 saturated carbocycles. The van der Waals surface area contributed by atoms with Crippen LogP contribution in [-0.4, -0.2) is 58.3 Å². The molecule has 1 aromatic rings. The van der Waals surface area contributed by atoms with Crippen LogP contribution in [0.5, 0.6) is 0 Å². The Labute approximate surface area is 151 Å². The highest BCUT2D eigenvalue weighted by molar-refractivity contribution is 6.21. The summed E-state index contributed by atoms with van der Waals surface area (Å²) in [5.41, 5.74) is 1.84. The van der Waals surface area contributed by atoms with Gasteiger partial charge in [0.2, 0.25) is 11.9 Å². The van der Waals surface area contributed by atoms with Gasteiger partial charge in [-0.25, -0.2) is 18.8 Å². The Balaban J connectivity index is 2.05. The average molecular weight is 360 g/mol. The van der Waals surface area contributed by atoms with E-state index in [0.29, 0.717) is 18.3 Å². The second-order valence-electron chi connectivity index (χ2n) is 6.18. The molecular formula is C17H22N5O4+. The van der Waals surface area contributed by atoms with Crippen LogP contribution in [0.25, 0.3) is 0 Å². The third-order valence-electron chi connectivity index (χ3n) is 4.73. The quantitative estimate of drug-likeness (QED) is 0.437. The Kier molecular flexibility index (Phi) is 4.39. The number of ether oxygens (including phenoxy) is 1. The van der Waals surface area contributed by atoms with Gasteiger partial charge >= 0.3 is 17.9 Å². The van der Waals surface area contributed by atoms with Crippen LogP contribution in [0.15, 0.2) is 17.6 Å². The lowest BCUT2D eigenvalue weighted by Gasteiger charge is -2.32. The first-order valence-corrected chi connectivity index (χ1v) is 8.38. The van der Waals surface area contributed by atoms with E-state index >= 15 is 0 Å². The van der Waals surface area contributed by atoms with Crippen molar-refractivity contribution in [3.63, 3.8) is 0 Å². The predicted octanol–water partition coefficient (Wildman–Crippen LogP) is 0.620. The van der Waals surface area contributed by atoms with E-state index < -0.39 is 30.5 Å². The molecule has 1 fully saturated rings. The van der Waals surface area contributed by atoms with Crippen LogP contribution < -0.4 is 4.57 Å². The second kappa shape index (κ2) is 6.40. The standard InChI is InChI=1S/C17H22N5O4/c1-6-8-20-10(3)11(4)22-13-14(18-16(20)22)19(5)17(25)21(15(13)24)9-12(23)26-7-2/h6,13H,1,7-9H2,2-5H3/q+1. The molecule has 1 saturated heterocycles. The lowest BCUT2D eigenvalue weighted by Crippen LogP contribution is -2.58. The van der Waals surface area contributed by atoms with Crippen LogP contribution in [-0.2, 0) is 20.9 Å². The van der Waals surface area contributed by atoms with Crippen molar-refractivity contribution in [2.45, 2.75) is 33.4 Å². The van der Waals surface area contributed by atoms with Crippen molar-refractivity contribution in [2.24, 2.45) is 4.99 Å². The third kappa shape index (κ3) is 2.42. The van der Waals surface area contributed by atoms with Gasteiger partial charge in [-0.1, -0.05) is 17.6 Å². The summed E-state index contributed by atoms with van der Waals surface area (Å²) >= 11 is 0. The number of rotatable bonds is 5. The summed E-state index contributed by atoms with van der Waals surface area (Å²) in [6.45, 7) is 9.57. The summed E-state index contributed by atoms with van der Waals surface area (Å²) in [6, 6.07) is -1.36. The Morgan fingerprint density at radius 1 is 1.38 bits per heavy atom. The lowest BCUT2D eigenvalue weighted by atomic mass is 10.1. The second-order valence-corrected chi connectivity index (χ2v) is 6.18. The van der Waals surface area contributed by atoms with Gasteiger partial charge < -0.3 is 4.74 Å². The number of imidazole rings is 1. The van der Waals surface area contributed by atoms with Crippen LogP contribution >= 0.6 is 0 Å². The molecule has 1 unspecified atom stereocenters. The fourth-order valence-electron chi connectivity index (χ4n) is 3.33. The maximum atomic E-state index is 13.0. The Morgan fingerprint density at radius 3 is 2.69 bits per heavy atom. The van der Waals surface area contributed by atoms with Gasteiger partial charge in [-0.2, -0.15) is 0 Å². The molecule has 2 aliphatic heterocycles. The molecule has 0 N–H and O–H groups in total. The van der Waals surface area contributed by atoms with Gasteiger partial charge in [0.15, 0.2) is 0 Å². The van der Waals surface area contributed by atoms with E-state index in [1.807, 2.05) is 18.4 Å². The van der Waals surface area contributed by atoms with Gasteiger partial charge in [-0.05, 0) is 20.8 Å². The van der Waals surface area contributed by atoms with Crippen LogP contribution in [0.4, 0.5) is 10.7 Å². The highest BCUT2D eigenvalue weighted by Crippen LogP contribution is 2.35. The molecule has 0 spiro atoms. The SMILES string of the molecule is C=CC[n+]1c(C)c(C)n2c1N=C1C2C(=O)N(CC(=O)OCC)C(=O)N1C. The zero-order valence-corrected chi connectivity index (χ0v) is 15.4. The molecule has 138 valence electrons. The highest BCUT2D eigenvalue weighted by Gasteiger charge is 2.54. The normalized spacial score (nSPS) is 18.6. The van der Waals surface area contributed by atoms with E-state index in [0.717, 1.165) is 16.3 Å². The average Bonchev–Trinajstić information content (AvgIpc) is 3.09. The number of allylic oxidation sites excluding steroid dienone is 1. The number of carbonyl (C=O) groups is 3. The van der Waals surface area contributed by atoms with Gasteiger partial charge in [0.25, 0.3) is 5.91 Å². The first-order valence-electron chi connectivity index (χ1n) is 8.38. The number of nitrogens with zero attached hydrogens (tertiary/aromatic N) is 5. The van der Waals surface area contributed by atoms with Gasteiger partial charge in [0, 0.05) is 7.05 Å². The number of amides is 3. The number of hydrogen-bond acceptors (Lipinski definition) is 5. The number of likely N-dealkylation sites (N-methyl/N-ethyl adjacent to an activating group) is 1. The number of aliphatic imine (C=N–C) groups is 1. The minimum Gasteiger partial charge on any atom is -0.465 e. The molecule has 2 aliphatic rings. The Hall–Kier alpha value is -2.97. The molecule has 9 nitrogen and oxygen atoms in total. The molecule has 0 bridgehead atoms. The summed E-state index contributed by atoms with van der Waals surface area (Å²) in [5.74, 6) is -0.159. The topological polar surface area (TPSA) is 88.1 Å². The van der Waals surface area contributed by atoms with E-state index in [-0.39, 0.29) is 6.61 Å². The molecule has 26 heavy (non-hydrogen) atoms. The molecule has 9 heteroatoms. The van der Waals surface area contributed by atoms with E-state index in [1.54, 1.807) is 24.6 Å². The minimum atomic E-state index is -0.771. The maximum absolute atomic E-state index is 13.0. The van der Waals surface area contributed by atoms with Crippen LogP contribution in [0.3, 0.4) is 0 Å². The first kappa shape index (κ1) is 17.8. The number of esters is 1. The number of amidine groups is 1.